The zero-order valence-electron chi connectivity index (χ0n) is 28.3. The van der Waals surface area contributed by atoms with Gasteiger partial charge in [-0.1, -0.05) is 74.2 Å². The summed E-state index contributed by atoms with van der Waals surface area (Å²) in [5.41, 5.74) is 1.98. The minimum Gasteiger partial charge on any atom is -0.377 e. The molecule has 0 fully saturated rings. The van der Waals surface area contributed by atoms with Gasteiger partial charge in [0, 0.05) is 74.2 Å². The number of rotatable bonds is 20. The predicted molar refractivity (Wildman–Crippen MR) is 197 cm³/mol. The lowest BCUT2D eigenvalue weighted by Crippen LogP contribution is -2.25. The van der Waals surface area contributed by atoms with Crippen molar-refractivity contribution < 1.29 is 16.8 Å². The third kappa shape index (κ3) is 9.90. The molecule has 0 radical (unpaired) electrons. The maximum Gasteiger partial charge on any atom is 0.241 e. The first-order valence-electron chi connectivity index (χ1n) is 16.6. The van der Waals surface area contributed by atoms with E-state index >= 15 is 0 Å². The van der Waals surface area contributed by atoms with Crippen LogP contribution in [-0.2, 0) is 20.0 Å². The van der Waals surface area contributed by atoms with Gasteiger partial charge in [0.05, 0.1) is 9.79 Å². The lowest BCUT2D eigenvalue weighted by atomic mass is 10.1. The van der Waals surface area contributed by atoms with Crippen molar-refractivity contribution in [1.29, 1.82) is 0 Å². The molecule has 0 aliphatic heterocycles. The third-order valence-electron chi connectivity index (χ3n) is 8.41. The molecule has 4 aromatic carbocycles. The predicted octanol–water partition coefficient (Wildman–Crippen LogP) is 6.09. The molecule has 0 saturated heterocycles. The second-order valence-corrected chi connectivity index (χ2v) is 15.9. The fourth-order valence-electron chi connectivity index (χ4n) is 5.93. The van der Waals surface area contributed by atoms with E-state index in [2.05, 4.69) is 14.8 Å². The summed E-state index contributed by atoms with van der Waals surface area (Å²) in [5.74, 6) is 0. The molecule has 0 spiro atoms. The van der Waals surface area contributed by atoms with E-state index < -0.39 is 20.0 Å². The van der Waals surface area contributed by atoms with Crippen molar-refractivity contribution in [3.05, 3.63) is 72.8 Å². The molecule has 3 N–H and O–H groups in total. The van der Waals surface area contributed by atoms with Crippen molar-refractivity contribution in [2.75, 3.05) is 64.2 Å². The van der Waals surface area contributed by atoms with Gasteiger partial charge in [0.25, 0.3) is 0 Å². The normalized spacial score (nSPS) is 12.2. The van der Waals surface area contributed by atoms with Crippen LogP contribution in [0.3, 0.4) is 0 Å². The summed E-state index contributed by atoms with van der Waals surface area (Å²) in [6.07, 6.45) is 7.73. The van der Waals surface area contributed by atoms with E-state index in [0.29, 0.717) is 22.9 Å². The minimum absolute atomic E-state index is 0.323. The Morgan fingerprint density at radius 3 is 1.17 bits per heavy atom. The quantitative estimate of drug-likeness (QED) is 0.0969. The van der Waals surface area contributed by atoms with Gasteiger partial charge < -0.3 is 15.1 Å². The highest BCUT2D eigenvalue weighted by Crippen LogP contribution is 2.31. The van der Waals surface area contributed by atoms with Crippen molar-refractivity contribution in [2.45, 2.75) is 61.2 Å². The van der Waals surface area contributed by atoms with E-state index in [9.17, 15) is 16.8 Å². The van der Waals surface area contributed by atoms with Crippen LogP contribution < -0.4 is 24.6 Å². The van der Waals surface area contributed by atoms with Gasteiger partial charge in [-0.15, -0.1) is 0 Å². The monoisotopic (exact) mass is 681 g/mol. The molecular weight excluding hydrogens is 631 g/mol. The summed E-state index contributed by atoms with van der Waals surface area (Å²) in [7, 11) is 0.633. The Kier molecular flexibility index (Phi) is 13.4. The molecule has 256 valence electrons. The van der Waals surface area contributed by atoms with Crippen LogP contribution in [-0.4, -0.2) is 71.2 Å². The van der Waals surface area contributed by atoms with Crippen LogP contribution >= 0.6 is 0 Å². The highest BCUT2D eigenvalue weighted by Gasteiger charge is 2.19. The lowest BCUT2D eigenvalue weighted by molar-refractivity contribution is 0.546. The van der Waals surface area contributed by atoms with Gasteiger partial charge in [-0.05, 0) is 63.0 Å². The molecule has 0 aromatic heterocycles. The molecule has 11 heteroatoms. The van der Waals surface area contributed by atoms with Crippen LogP contribution in [0.1, 0.15) is 51.4 Å². The maximum atomic E-state index is 13.1. The second-order valence-electron chi connectivity index (χ2n) is 12.4. The SMILES string of the molecule is CN(C)c1cccc2c(S(=O)(=O)NCCCCCCNCCCCCCNS(=O)(=O)c3cccc4c(N(C)C)cccc34)cccc12. The first-order valence-corrected chi connectivity index (χ1v) is 19.6. The highest BCUT2D eigenvalue weighted by atomic mass is 32.2. The summed E-state index contributed by atoms with van der Waals surface area (Å²) < 4.78 is 57.8. The van der Waals surface area contributed by atoms with E-state index in [1.165, 1.54) is 0 Å². The summed E-state index contributed by atoms with van der Waals surface area (Å²) in [6.45, 7) is 2.73. The average Bonchev–Trinajstić information content (AvgIpc) is 3.05. The molecule has 0 atom stereocenters. The van der Waals surface area contributed by atoms with E-state index in [1.54, 1.807) is 24.3 Å². The number of hydrogen-bond donors (Lipinski definition) is 3. The van der Waals surface area contributed by atoms with Crippen LogP contribution in [0.5, 0.6) is 0 Å². The fourth-order valence-corrected chi connectivity index (χ4v) is 8.52. The van der Waals surface area contributed by atoms with Gasteiger partial charge in [0.15, 0.2) is 0 Å². The van der Waals surface area contributed by atoms with E-state index in [0.717, 1.165) is 97.4 Å². The number of benzene rings is 4. The summed E-state index contributed by atoms with van der Waals surface area (Å²) >= 11 is 0. The van der Waals surface area contributed by atoms with Crippen LogP contribution in [0.2, 0.25) is 0 Å². The van der Waals surface area contributed by atoms with Crippen molar-refractivity contribution >= 4 is 53.0 Å². The van der Waals surface area contributed by atoms with Gasteiger partial charge in [0.1, 0.15) is 0 Å². The molecule has 0 saturated carbocycles. The Morgan fingerprint density at radius 1 is 0.447 bits per heavy atom. The molecule has 4 aromatic rings. The topological polar surface area (TPSA) is 111 Å². The highest BCUT2D eigenvalue weighted by molar-refractivity contribution is 7.90. The van der Waals surface area contributed by atoms with Crippen LogP contribution in [0.25, 0.3) is 21.5 Å². The Labute approximate surface area is 281 Å². The smallest absolute Gasteiger partial charge is 0.241 e. The molecule has 0 aliphatic rings. The molecular formula is C36H51N5O4S2. The Balaban J connectivity index is 1.05. The molecule has 0 aliphatic carbocycles. The summed E-state index contributed by atoms with van der Waals surface area (Å²) in [4.78, 5) is 4.63. The van der Waals surface area contributed by atoms with Crippen molar-refractivity contribution in [3.63, 3.8) is 0 Å². The van der Waals surface area contributed by atoms with Gasteiger partial charge in [-0.2, -0.15) is 0 Å². The summed E-state index contributed by atoms with van der Waals surface area (Å²) in [6, 6.07) is 22.4. The first kappa shape index (κ1) is 36.6. The zero-order valence-corrected chi connectivity index (χ0v) is 29.9. The van der Waals surface area contributed by atoms with Gasteiger partial charge in [-0.3, -0.25) is 0 Å². The lowest BCUT2D eigenvalue weighted by Gasteiger charge is -2.17. The Hall–Kier alpha value is -3.22. The number of unbranched alkanes of at least 4 members (excludes halogenated alkanes) is 6. The number of sulfonamides is 2. The van der Waals surface area contributed by atoms with E-state index in [1.807, 2.05) is 86.5 Å². The number of nitrogens with one attached hydrogen (secondary N) is 3. The maximum absolute atomic E-state index is 13.1. The van der Waals surface area contributed by atoms with Crippen LogP contribution in [0.4, 0.5) is 11.4 Å². The third-order valence-corrected chi connectivity index (χ3v) is 11.4. The second kappa shape index (κ2) is 17.3. The van der Waals surface area contributed by atoms with Crippen LogP contribution in [0.15, 0.2) is 82.6 Å². The van der Waals surface area contributed by atoms with Crippen molar-refractivity contribution in [1.82, 2.24) is 14.8 Å². The van der Waals surface area contributed by atoms with Crippen molar-refractivity contribution in [2.24, 2.45) is 0 Å². The number of nitrogens with zero attached hydrogens (tertiary/aromatic N) is 2. The van der Waals surface area contributed by atoms with E-state index in [-0.39, 0.29) is 0 Å². The molecule has 0 heterocycles. The number of hydrogen-bond acceptors (Lipinski definition) is 7. The number of fused-ring (bicyclic) bond motifs is 2. The fraction of sp³-hybridized carbons (Fsp3) is 0.444. The molecule has 47 heavy (non-hydrogen) atoms. The first-order chi connectivity index (χ1) is 22.5. The zero-order chi connectivity index (χ0) is 33.9. The van der Waals surface area contributed by atoms with E-state index in [4.69, 9.17) is 0 Å². The molecule has 0 bridgehead atoms. The molecule has 0 unspecified atom stereocenters. The molecule has 4 rings (SSSR count). The van der Waals surface area contributed by atoms with Crippen molar-refractivity contribution in [3.8, 4) is 0 Å². The number of anilines is 2. The molecule has 9 nitrogen and oxygen atoms in total. The van der Waals surface area contributed by atoms with Gasteiger partial charge >= 0.3 is 0 Å². The molecule has 0 amide bonds. The van der Waals surface area contributed by atoms with Gasteiger partial charge in [-0.25, -0.2) is 26.3 Å². The Bertz CT molecular complexity index is 1690. The largest absolute Gasteiger partial charge is 0.377 e. The Morgan fingerprint density at radius 2 is 0.787 bits per heavy atom. The summed E-state index contributed by atoms with van der Waals surface area (Å²) in [5, 5.41) is 6.80. The standard InChI is InChI=1S/C36H51N5O4S2/c1-40(2)33-21-13-19-31-29(33)17-15-23-35(31)46(42,43)38-27-11-7-5-9-25-37-26-10-6-8-12-28-39-47(44,45)36-24-16-18-30-32(36)20-14-22-34(30)41(3)4/h13-24,37-39H,5-12,25-28H2,1-4H3. The van der Waals surface area contributed by atoms with Gasteiger partial charge in [0.2, 0.25) is 20.0 Å². The minimum atomic E-state index is -3.59. The van der Waals surface area contributed by atoms with Crippen LogP contribution in [0, 0.1) is 0 Å². The average molecular weight is 682 g/mol.